The van der Waals surface area contributed by atoms with Crippen molar-refractivity contribution in [3.63, 3.8) is 0 Å². The van der Waals surface area contributed by atoms with Crippen molar-refractivity contribution < 1.29 is 0 Å². The number of hydrogen-bond donors (Lipinski definition) is 3. The van der Waals surface area contributed by atoms with Gasteiger partial charge in [-0.05, 0) is 13.3 Å². The normalized spacial score (nSPS) is 14.5. The summed E-state index contributed by atoms with van der Waals surface area (Å²) in [6.45, 7) is 2.17. The van der Waals surface area contributed by atoms with E-state index in [1.165, 1.54) is 12.4 Å². The zero-order chi connectivity index (χ0) is 14.0. The highest BCUT2D eigenvalue weighted by Gasteiger charge is 2.18. The number of aromatic amines is 1. The van der Waals surface area contributed by atoms with Crippen LogP contribution in [0.25, 0.3) is 11.2 Å². The fourth-order valence-electron chi connectivity index (χ4n) is 1.61. The second kappa shape index (κ2) is 5.38. The topological polar surface area (TPSA) is 80.6 Å². The highest BCUT2D eigenvalue weighted by Crippen LogP contribution is 2.20. The van der Waals surface area contributed by atoms with Gasteiger partial charge in [-0.1, -0.05) is 0 Å². The number of aromatic nitrogens is 4. The molecule has 0 bridgehead atoms. The quantitative estimate of drug-likeness (QED) is 0.718. The smallest absolute Gasteiger partial charge is 0.290 e. The van der Waals surface area contributed by atoms with E-state index in [2.05, 4.69) is 40.2 Å². The summed E-state index contributed by atoms with van der Waals surface area (Å²) in [5.74, 6) is 0.552. The lowest BCUT2D eigenvalue weighted by molar-refractivity contribution is 0.534. The van der Waals surface area contributed by atoms with Crippen LogP contribution in [-0.4, -0.2) is 30.0 Å². The summed E-state index contributed by atoms with van der Waals surface area (Å²) in [4.78, 5) is 34.4. The molecule has 6 nitrogen and oxygen atoms in total. The number of thiol groups is 2. The van der Waals surface area contributed by atoms with Crippen LogP contribution in [0.15, 0.2) is 22.0 Å². The summed E-state index contributed by atoms with van der Waals surface area (Å²) in [6, 6.07) is 0. The first-order valence-electron chi connectivity index (χ1n) is 5.72. The van der Waals surface area contributed by atoms with Gasteiger partial charge in [0.25, 0.3) is 5.56 Å². The average molecular weight is 298 g/mol. The van der Waals surface area contributed by atoms with Crippen molar-refractivity contribution in [2.45, 2.75) is 24.6 Å². The molecule has 0 aromatic carbocycles. The standard InChI is InChI=1S/C11H14N4O2S2/c1-11(19,6-18)2-5-15-9(16)7-8(14-10(15)17)13-4-3-12-7/h3-4,18-19H,2,5-6H2,1H3,(H,13,14,17). The molecule has 0 aliphatic rings. The summed E-state index contributed by atoms with van der Waals surface area (Å²) in [6.07, 6.45) is 3.39. The van der Waals surface area contributed by atoms with E-state index >= 15 is 0 Å². The molecule has 2 aromatic heterocycles. The predicted octanol–water partition coefficient (Wildman–Crippen LogP) is 0.488. The van der Waals surface area contributed by atoms with Crippen molar-refractivity contribution in [1.82, 2.24) is 19.5 Å². The lowest BCUT2D eigenvalue weighted by Crippen LogP contribution is -2.37. The monoisotopic (exact) mass is 298 g/mol. The maximum atomic E-state index is 12.2. The second-order valence-corrected chi connectivity index (χ2v) is 5.94. The van der Waals surface area contributed by atoms with Gasteiger partial charge in [-0.25, -0.2) is 14.8 Å². The minimum Gasteiger partial charge on any atom is -0.290 e. The number of fused-ring (bicyclic) bond motifs is 1. The minimum atomic E-state index is -0.485. The molecule has 0 saturated heterocycles. The van der Waals surface area contributed by atoms with Gasteiger partial charge in [0.2, 0.25) is 0 Å². The van der Waals surface area contributed by atoms with Crippen molar-refractivity contribution >= 4 is 36.4 Å². The minimum absolute atomic E-state index is 0.161. The molecule has 102 valence electrons. The summed E-state index contributed by atoms with van der Waals surface area (Å²) < 4.78 is 0.779. The first kappa shape index (κ1) is 14.1. The van der Waals surface area contributed by atoms with Gasteiger partial charge in [-0.3, -0.25) is 14.3 Å². The fourth-order valence-corrected chi connectivity index (χ4v) is 1.87. The first-order valence-corrected chi connectivity index (χ1v) is 6.80. The van der Waals surface area contributed by atoms with Gasteiger partial charge >= 0.3 is 5.69 Å². The molecule has 2 heterocycles. The zero-order valence-corrected chi connectivity index (χ0v) is 12.1. The number of rotatable bonds is 4. The SMILES string of the molecule is CC(S)(CS)CCn1c(=O)[nH]c2nccnc2c1=O. The first-order chi connectivity index (χ1) is 8.94. The number of hydrogen-bond acceptors (Lipinski definition) is 6. The highest BCUT2D eigenvalue weighted by atomic mass is 32.1. The van der Waals surface area contributed by atoms with E-state index in [0.717, 1.165) is 4.57 Å². The largest absolute Gasteiger partial charge is 0.330 e. The van der Waals surface area contributed by atoms with E-state index in [9.17, 15) is 9.59 Å². The van der Waals surface area contributed by atoms with Gasteiger partial charge in [-0.15, -0.1) is 0 Å². The molecular weight excluding hydrogens is 284 g/mol. The van der Waals surface area contributed by atoms with Crippen LogP contribution in [0.1, 0.15) is 13.3 Å². The van der Waals surface area contributed by atoms with Crippen LogP contribution in [0.3, 0.4) is 0 Å². The third-order valence-corrected chi connectivity index (χ3v) is 4.16. The van der Waals surface area contributed by atoms with Crippen molar-refractivity contribution in [2.75, 3.05) is 5.75 Å². The number of nitrogens with zero attached hydrogens (tertiary/aromatic N) is 3. The molecule has 19 heavy (non-hydrogen) atoms. The maximum absolute atomic E-state index is 12.2. The lowest BCUT2D eigenvalue weighted by atomic mass is 10.1. The van der Waals surface area contributed by atoms with E-state index < -0.39 is 11.2 Å². The fraction of sp³-hybridized carbons (Fsp3) is 0.455. The van der Waals surface area contributed by atoms with Crippen molar-refractivity contribution in [3.8, 4) is 0 Å². The third kappa shape index (κ3) is 3.01. The van der Waals surface area contributed by atoms with Gasteiger partial charge in [0, 0.05) is 29.4 Å². The van der Waals surface area contributed by atoms with Gasteiger partial charge in [0.1, 0.15) is 0 Å². The maximum Gasteiger partial charge on any atom is 0.330 e. The molecule has 1 unspecified atom stereocenters. The Kier molecular flexibility index (Phi) is 4.00. The van der Waals surface area contributed by atoms with Crippen LogP contribution in [-0.2, 0) is 6.54 Å². The molecule has 2 rings (SSSR count). The molecule has 0 amide bonds. The zero-order valence-electron chi connectivity index (χ0n) is 10.3. The Morgan fingerprint density at radius 2 is 2.05 bits per heavy atom. The van der Waals surface area contributed by atoms with Gasteiger partial charge in [0.05, 0.1) is 0 Å². The van der Waals surface area contributed by atoms with E-state index in [4.69, 9.17) is 0 Å². The molecule has 0 saturated carbocycles. The van der Waals surface area contributed by atoms with Crippen molar-refractivity contribution in [2.24, 2.45) is 0 Å². The Balaban J connectivity index is 2.44. The summed E-state index contributed by atoms with van der Waals surface area (Å²) >= 11 is 8.61. The Bertz CT molecular complexity index is 708. The third-order valence-electron chi connectivity index (χ3n) is 2.83. The van der Waals surface area contributed by atoms with Crippen LogP contribution < -0.4 is 11.2 Å². The van der Waals surface area contributed by atoms with E-state index in [-0.39, 0.29) is 22.5 Å². The molecule has 0 radical (unpaired) electrons. The van der Waals surface area contributed by atoms with Gasteiger partial charge in [-0.2, -0.15) is 25.3 Å². The molecule has 2 aromatic rings. The molecule has 8 heteroatoms. The Morgan fingerprint density at radius 3 is 2.74 bits per heavy atom. The highest BCUT2D eigenvalue weighted by molar-refractivity contribution is 7.85. The van der Waals surface area contributed by atoms with Crippen molar-refractivity contribution in [3.05, 3.63) is 33.2 Å². The Labute approximate surface area is 120 Å². The van der Waals surface area contributed by atoms with Crippen LogP contribution in [0.2, 0.25) is 0 Å². The molecule has 0 aliphatic heterocycles. The predicted molar refractivity (Wildman–Crippen MR) is 80.3 cm³/mol. The van der Waals surface area contributed by atoms with Crippen LogP contribution in [0.5, 0.6) is 0 Å². The van der Waals surface area contributed by atoms with Crippen LogP contribution in [0.4, 0.5) is 0 Å². The summed E-state index contributed by atoms with van der Waals surface area (Å²) in [5, 5.41) is 0. The van der Waals surface area contributed by atoms with Crippen LogP contribution in [0, 0.1) is 0 Å². The van der Waals surface area contributed by atoms with Gasteiger partial charge in [0.15, 0.2) is 11.2 Å². The average Bonchev–Trinajstić information content (AvgIpc) is 2.38. The molecule has 1 N–H and O–H groups in total. The number of nitrogens with one attached hydrogen (secondary N) is 1. The van der Waals surface area contributed by atoms with E-state index in [1.54, 1.807) is 0 Å². The van der Waals surface area contributed by atoms with Crippen LogP contribution >= 0.6 is 25.3 Å². The Morgan fingerprint density at radius 1 is 1.37 bits per heavy atom. The lowest BCUT2D eigenvalue weighted by Gasteiger charge is -2.20. The van der Waals surface area contributed by atoms with Crippen molar-refractivity contribution in [1.29, 1.82) is 0 Å². The Hall–Kier alpha value is -1.28. The molecule has 0 fully saturated rings. The summed E-state index contributed by atoms with van der Waals surface area (Å²) in [7, 11) is 0. The van der Waals surface area contributed by atoms with E-state index in [0.29, 0.717) is 12.2 Å². The second-order valence-electron chi connectivity index (χ2n) is 4.55. The summed E-state index contributed by atoms with van der Waals surface area (Å²) in [5.41, 5.74) is -0.554. The number of H-pyrrole nitrogens is 1. The van der Waals surface area contributed by atoms with Gasteiger partial charge < -0.3 is 0 Å². The van der Waals surface area contributed by atoms with E-state index in [1.807, 2.05) is 6.92 Å². The molecule has 0 spiro atoms. The molecular formula is C11H14N4O2S2. The molecule has 0 aliphatic carbocycles. The molecule has 1 atom stereocenters.